The Morgan fingerprint density at radius 2 is 1.91 bits per heavy atom. The predicted octanol–water partition coefficient (Wildman–Crippen LogP) is 2.58. The molecule has 0 unspecified atom stereocenters. The number of carbonyl (C=O) groups is 3. The Morgan fingerprint density at radius 1 is 1.18 bits per heavy atom. The van der Waals surface area contributed by atoms with E-state index in [1.165, 1.54) is 38.9 Å². The van der Waals surface area contributed by atoms with Gasteiger partial charge in [0.2, 0.25) is 5.28 Å². The van der Waals surface area contributed by atoms with Crippen LogP contribution in [0.1, 0.15) is 33.9 Å². The lowest BCUT2D eigenvalue weighted by molar-refractivity contribution is -0.176. The molecule has 1 aliphatic heterocycles. The number of esters is 3. The van der Waals surface area contributed by atoms with Crippen LogP contribution in [0.25, 0.3) is 11.2 Å². The molecule has 5 atom stereocenters. The summed E-state index contributed by atoms with van der Waals surface area (Å²) in [5, 5.41) is -0.459. The summed E-state index contributed by atoms with van der Waals surface area (Å²) in [7, 11) is 0. The predicted molar refractivity (Wildman–Crippen MR) is 119 cm³/mol. The highest BCUT2D eigenvalue weighted by atomic mass is 35.5. The summed E-state index contributed by atoms with van der Waals surface area (Å²) in [5.41, 5.74) is 0.631. The quantitative estimate of drug-likeness (QED) is 0.220. The Hall–Kier alpha value is -2.15. The van der Waals surface area contributed by atoms with Gasteiger partial charge in [0.1, 0.15) is 24.3 Å². The molecule has 3 heterocycles. The maximum absolute atomic E-state index is 11.9. The van der Waals surface area contributed by atoms with Crippen LogP contribution in [0.3, 0.4) is 0 Å². The molecular formula is C19H22Cl2N4O7S. The SMILES string of the molecule is CCS[C@@H]1[C@H](OC(C)=O)[C@H]([C@@H](COC(C)=O)OC(C)=O)O[C@@H]1n1cnc2c(Cl)nc(Cl)nc21. The van der Waals surface area contributed by atoms with Crippen LogP contribution in [0.4, 0.5) is 0 Å². The Bertz CT molecular complexity index is 1050. The third-order valence-corrected chi connectivity index (χ3v) is 6.30. The second-order valence-electron chi connectivity index (χ2n) is 7.04. The van der Waals surface area contributed by atoms with E-state index in [9.17, 15) is 14.4 Å². The van der Waals surface area contributed by atoms with Crippen molar-refractivity contribution < 1.29 is 33.3 Å². The standard InChI is InChI=1S/C19H22Cl2N4O7S/c1-5-33-15-14(31-10(4)28)13(11(30-9(3)27)6-29-8(2)26)32-18(15)25-7-22-12-16(20)23-19(21)24-17(12)25/h7,11,13-15,18H,5-6H2,1-4H3/t11-,13+,14-,15-,18+/m1/s1. The minimum atomic E-state index is -1.03. The molecule has 11 nitrogen and oxygen atoms in total. The second-order valence-corrected chi connectivity index (χ2v) is 9.19. The van der Waals surface area contributed by atoms with Crippen molar-refractivity contribution in [2.75, 3.05) is 12.4 Å². The number of ether oxygens (including phenoxy) is 4. The normalized spacial score (nSPS) is 23.3. The first kappa shape index (κ1) is 25.5. The van der Waals surface area contributed by atoms with Crippen LogP contribution in [0.15, 0.2) is 6.33 Å². The first-order valence-electron chi connectivity index (χ1n) is 9.92. The number of rotatable bonds is 8. The van der Waals surface area contributed by atoms with E-state index in [1.54, 1.807) is 4.57 Å². The third kappa shape index (κ3) is 5.86. The van der Waals surface area contributed by atoms with Gasteiger partial charge in [0, 0.05) is 20.8 Å². The molecule has 0 aliphatic carbocycles. The van der Waals surface area contributed by atoms with Crippen LogP contribution in [0, 0.1) is 0 Å². The summed E-state index contributed by atoms with van der Waals surface area (Å²) < 4.78 is 24.0. The van der Waals surface area contributed by atoms with Crippen molar-refractivity contribution in [3.8, 4) is 0 Å². The molecule has 14 heteroatoms. The highest BCUT2D eigenvalue weighted by Crippen LogP contribution is 2.42. The van der Waals surface area contributed by atoms with Crippen molar-refractivity contribution in [3.05, 3.63) is 16.8 Å². The summed E-state index contributed by atoms with van der Waals surface area (Å²) in [6, 6.07) is 0. The van der Waals surface area contributed by atoms with E-state index >= 15 is 0 Å². The van der Waals surface area contributed by atoms with Crippen LogP contribution in [-0.2, 0) is 33.3 Å². The van der Waals surface area contributed by atoms with Crippen molar-refractivity contribution in [1.82, 2.24) is 19.5 Å². The maximum Gasteiger partial charge on any atom is 0.303 e. The first-order chi connectivity index (χ1) is 15.6. The molecule has 0 saturated carbocycles. The molecule has 0 radical (unpaired) electrons. The number of nitrogens with zero attached hydrogens (tertiary/aromatic N) is 4. The molecule has 0 aromatic carbocycles. The van der Waals surface area contributed by atoms with E-state index in [4.69, 9.17) is 42.1 Å². The van der Waals surface area contributed by atoms with Crippen molar-refractivity contribution in [1.29, 1.82) is 0 Å². The first-order valence-corrected chi connectivity index (χ1v) is 11.7. The van der Waals surface area contributed by atoms with Gasteiger partial charge in [0.05, 0.1) is 11.6 Å². The zero-order chi connectivity index (χ0) is 24.3. The van der Waals surface area contributed by atoms with Gasteiger partial charge in [-0.15, -0.1) is 0 Å². The largest absolute Gasteiger partial charge is 0.462 e. The topological polar surface area (TPSA) is 132 Å². The molecule has 1 fully saturated rings. The molecule has 33 heavy (non-hydrogen) atoms. The molecular weight excluding hydrogens is 499 g/mol. The van der Waals surface area contributed by atoms with E-state index < -0.39 is 47.7 Å². The van der Waals surface area contributed by atoms with Crippen LogP contribution in [-0.4, -0.2) is 73.3 Å². The van der Waals surface area contributed by atoms with E-state index in [0.717, 1.165) is 0 Å². The summed E-state index contributed by atoms with van der Waals surface area (Å²) in [6.45, 7) is 5.37. The Morgan fingerprint density at radius 3 is 2.52 bits per heavy atom. The van der Waals surface area contributed by atoms with E-state index in [0.29, 0.717) is 16.9 Å². The second kappa shape index (κ2) is 10.9. The zero-order valence-electron chi connectivity index (χ0n) is 18.2. The van der Waals surface area contributed by atoms with Crippen LogP contribution < -0.4 is 0 Å². The number of aromatic nitrogens is 4. The van der Waals surface area contributed by atoms with Gasteiger partial charge in [-0.05, 0) is 17.4 Å². The van der Waals surface area contributed by atoms with Crippen molar-refractivity contribution in [2.24, 2.45) is 0 Å². The summed E-state index contributed by atoms with van der Waals surface area (Å²) in [6.07, 6.45) is -2.11. The summed E-state index contributed by atoms with van der Waals surface area (Å²) in [4.78, 5) is 47.5. The lowest BCUT2D eigenvalue weighted by Gasteiger charge is -2.27. The fraction of sp³-hybridized carbons (Fsp3) is 0.579. The van der Waals surface area contributed by atoms with E-state index in [-0.39, 0.29) is 17.0 Å². The van der Waals surface area contributed by atoms with Crippen molar-refractivity contribution in [2.45, 2.75) is 57.5 Å². The van der Waals surface area contributed by atoms with E-state index in [2.05, 4.69) is 15.0 Å². The van der Waals surface area contributed by atoms with Gasteiger partial charge in [-0.1, -0.05) is 18.5 Å². The highest BCUT2D eigenvalue weighted by molar-refractivity contribution is 7.99. The number of fused-ring (bicyclic) bond motifs is 1. The smallest absolute Gasteiger partial charge is 0.303 e. The number of hydrogen-bond donors (Lipinski definition) is 0. The average molecular weight is 521 g/mol. The summed E-state index contributed by atoms with van der Waals surface area (Å²) in [5.74, 6) is -1.07. The van der Waals surface area contributed by atoms with Crippen LogP contribution in [0.2, 0.25) is 10.4 Å². The molecule has 0 spiro atoms. The Kier molecular flexibility index (Phi) is 8.38. The Labute approximate surface area is 203 Å². The lowest BCUT2D eigenvalue weighted by Crippen LogP contribution is -2.45. The number of thioether (sulfide) groups is 1. The van der Waals surface area contributed by atoms with Gasteiger partial charge in [0.25, 0.3) is 0 Å². The van der Waals surface area contributed by atoms with E-state index in [1.807, 2.05) is 6.92 Å². The molecule has 0 N–H and O–H groups in total. The Balaban J connectivity index is 2.06. The van der Waals surface area contributed by atoms with Gasteiger partial charge < -0.3 is 18.9 Å². The van der Waals surface area contributed by atoms with Gasteiger partial charge in [-0.25, -0.2) is 9.97 Å². The number of halogens is 2. The lowest BCUT2D eigenvalue weighted by atomic mass is 10.1. The fourth-order valence-corrected chi connectivity index (χ4v) is 5.10. The van der Waals surface area contributed by atoms with Crippen molar-refractivity contribution >= 4 is 64.0 Å². The number of imidazole rings is 1. The molecule has 0 amide bonds. The van der Waals surface area contributed by atoms with Crippen molar-refractivity contribution in [3.63, 3.8) is 0 Å². The van der Waals surface area contributed by atoms with Gasteiger partial charge >= 0.3 is 17.9 Å². The highest BCUT2D eigenvalue weighted by Gasteiger charge is 2.52. The maximum atomic E-state index is 11.9. The minimum absolute atomic E-state index is 0.0715. The molecule has 2 aromatic heterocycles. The molecule has 1 saturated heterocycles. The molecule has 0 bridgehead atoms. The molecule has 180 valence electrons. The summed E-state index contributed by atoms with van der Waals surface area (Å²) >= 11 is 13.6. The monoisotopic (exact) mass is 520 g/mol. The number of hydrogen-bond acceptors (Lipinski definition) is 11. The van der Waals surface area contributed by atoms with Gasteiger partial charge in [0.15, 0.2) is 23.1 Å². The molecule has 1 aliphatic rings. The third-order valence-electron chi connectivity index (χ3n) is 4.65. The minimum Gasteiger partial charge on any atom is -0.462 e. The average Bonchev–Trinajstić information content (AvgIpc) is 3.27. The molecule has 3 rings (SSSR count). The van der Waals surface area contributed by atoms with Gasteiger partial charge in [-0.3, -0.25) is 19.0 Å². The van der Waals surface area contributed by atoms with Gasteiger partial charge in [-0.2, -0.15) is 16.7 Å². The zero-order valence-corrected chi connectivity index (χ0v) is 20.5. The van der Waals surface area contributed by atoms with Crippen LogP contribution >= 0.6 is 35.0 Å². The number of carbonyl (C=O) groups excluding carboxylic acids is 3. The molecule has 2 aromatic rings. The fourth-order valence-electron chi connectivity index (χ4n) is 3.54. The van der Waals surface area contributed by atoms with Crippen LogP contribution in [0.5, 0.6) is 0 Å².